The second-order valence-electron chi connectivity index (χ2n) is 10.6. The van der Waals surface area contributed by atoms with Gasteiger partial charge < -0.3 is 9.36 Å². The molecule has 13 heteroatoms. The minimum atomic E-state index is -4.68. The molecule has 0 bridgehead atoms. The van der Waals surface area contributed by atoms with Gasteiger partial charge in [0, 0.05) is 16.8 Å². The number of pyridine rings is 2. The third-order valence-corrected chi connectivity index (χ3v) is 7.25. The summed E-state index contributed by atoms with van der Waals surface area (Å²) in [6.45, 7) is 3.61. The van der Waals surface area contributed by atoms with Crippen LogP contribution < -0.4 is 0 Å². The van der Waals surface area contributed by atoms with Crippen molar-refractivity contribution in [3.05, 3.63) is 132 Å². The topological polar surface area (TPSA) is 61.4 Å². The smallest absolute Gasteiger partial charge is 0.343 e. The fraction of sp³-hybridized carbons (Fsp3) is 0.152. The average molecular weight is 812 g/mol. The van der Waals surface area contributed by atoms with Gasteiger partial charge in [-0.25, -0.2) is 0 Å². The molecule has 6 rings (SSSR count). The molecule has 6 aromatic rings. The van der Waals surface area contributed by atoms with Crippen LogP contribution in [0, 0.1) is 12.4 Å². The van der Waals surface area contributed by atoms with Crippen LogP contribution in [0.5, 0.6) is 0 Å². The maximum atomic E-state index is 13.4. The molecule has 0 amide bonds. The van der Waals surface area contributed by atoms with Crippen LogP contribution in [-0.4, -0.2) is 29.5 Å². The number of aromatic nitrogens is 6. The fourth-order valence-electron chi connectivity index (χ4n) is 4.80. The first-order chi connectivity index (χ1) is 21.3. The first kappa shape index (κ1) is 32.8. The molecule has 0 aliphatic heterocycles. The number of rotatable bonds is 6. The minimum absolute atomic E-state index is 0. The Balaban J connectivity index is 0.00000417. The Labute approximate surface area is 274 Å². The molecule has 6 nitrogen and oxygen atoms in total. The summed E-state index contributed by atoms with van der Waals surface area (Å²) in [6, 6.07) is 26.4. The molecular formula is C33H22F6N6Pt. The molecule has 0 aliphatic rings. The van der Waals surface area contributed by atoms with E-state index in [1.165, 1.54) is 0 Å². The molecule has 4 heterocycles. The van der Waals surface area contributed by atoms with Crippen molar-refractivity contribution < 1.29 is 47.4 Å². The number of alkyl halides is 6. The third-order valence-electron chi connectivity index (χ3n) is 7.25. The van der Waals surface area contributed by atoms with Gasteiger partial charge in [0.2, 0.25) is 0 Å². The van der Waals surface area contributed by atoms with Crippen molar-refractivity contribution in [1.82, 2.24) is 29.5 Å². The summed E-state index contributed by atoms with van der Waals surface area (Å²) in [6.07, 6.45) is -4.30. The van der Waals surface area contributed by atoms with Crippen molar-refractivity contribution >= 4 is 0 Å². The first-order valence-electron chi connectivity index (χ1n) is 13.6. The van der Waals surface area contributed by atoms with E-state index in [0.717, 1.165) is 21.5 Å². The number of halogens is 6. The number of hydrogen-bond acceptors (Lipinski definition) is 4. The summed E-state index contributed by atoms with van der Waals surface area (Å²) < 4.78 is 82.5. The van der Waals surface area contributed by atoms with Crippen LogP contribution in [0.2, 0.25) is 0 Å². The maximum absolute atomic E-state index is 13.4. The monoisotopic (exact) mass is 811 g/mol. The Bertz CT molecular complexity index is 1820. The largest absolute Gasteiger partial charge is 2.00 e. The second kappa shape index (κ2) is 12.3. The molecule has 0 unspecified atom stereocenters. The second-order valence-corrected chi connectivity index (χ2v) is 10.6. The van der Waals surface area contributed by atoms with Crippen LogP contribution in [0.25, 0.3) is 33.9 Å². The van der Waals surface area contributed by atoms with Crippen LogP contribution in [0.3, 0.4) is 0 Å². The zero-order chi connectivity index (χ0) is 32.0. The predicted molar refractivity (Wildman–Crippen MR) is 153 cm³/mol. The summed E-state index contributed by atoms with van der Waals surface area (Å²) in [4.78, 5) is 9.53. The quantitative estimate of drug-likeness (QED) is 0.126. The van der Waals surface area contributed by atoms with Crippen LogP contribution >= 0.6 is 0 Å². The van der Waals surface area contributed by atoms with Crippen molar-refractivity contribution in [1.29, 1.82) is 0 Å². The van der Waals surface area contributed by atoms with Crippen LogP contribution in [0.1, 0.15) is 36.6 Å². The Hall–Kier alpha value is -4.57. The average Bonchev–Trinajstić information content (AvgIpc) is 3.73. The molecule has 0 atom stereocenters. The van der Waals surface area contributed by atoms with Gasteiger partial charge in [-0.15, -0.1) is 12.1 Å². The molecule has 0 fully saturated rings. The van der Waals surface area contributed by atoms with Gasteiger partial charge >= 0.3 is 33.4 Å². The van der Waals surface area contributed by atoms with Gasteiger partial charge in [0.05, 0.1) is 23.0 Å². The third kappa shape index (κ3) is 6.39. The molecule has 46 heavy (non-hydrogen) atoms. The molecule has 0 spiro atoms. The number of nitrogens with zero attached hydrogens (tertiary/aromatic N) is 6. The molecule has 0 aliphatic carbocycles. The summed E-state index contributed by atoms with van der Waals surface area (Å²) in [5.74, 6) is 0.220. The molecular weight excluding hydrogens is 789 g/mol. The Morgan fingerprint density at radius 2 is 0.891 bits per heavy atom. The SMILES string of the molecule is CC(C)(c1ccc(-c2ccccc2)c(-n2[c-]cc(C(F)(F)F)n2)n1)c1ccc(-c2ccccc2)c(-n2[c-]cc(C(F)(F)F)n2)n1.[Pt+2]. The predicted octanol–water partition coefficient (Wildman–Crippen LogP) is 8.14. The van der Waals surface area contributed by atoms with E-state index in [2.05, 4.69) is 22.6 Å². The van der Waals surface area contributed by atoms with Gasteiger partial charge in [0.25, 0.3) is 0 Å². The molecule has 236 valence electrons. The zero-order valence-electron chi connectivity index (χ0n) is 24.0. The van der Waals surface area contributed by atoms with Gasteiger partial charge in [0.15, 0.2) is 0 Å². The van der Waals surface area contributed by atoms with Crippen molar-refractivity contribution in [2.45, 2.75) is 31.6 Å². The van der Waals surface area contributed by atoms with Crippen molar-refractivity contribution in [2.75, 3.05) is 0 Å². The van der Waals surface area contributed by atoms with E-state index in [1.807, 2.05) is 12.1 Å². The Kier molecular flexibility index (Phi) is 8.79. The van der Waals surface area contributed by atoms with Crippen LogP contribution in [0.4, 0.5) is 26.3 Å². The summed E-state index contributed by atoms with van der Waals surface area (Å²) in [5.41, 5.74) is 0.0296. The summed E-state index contributed by atoms with van der Waals surface area (Å²) in [5, 5.41) is 7.41. The maximum Gasteiger partial charge on any atom is 2.00 e. The number of hydrogen-bond donors (Lipinski definition) is 0. The normalized spacial score (nSPS) is 12.2. The van der Waals surface area contributed by atoms with E-state index in [0.29, 0.717) is 33.6 Å². The summed E-state index contributed by atoms with van der Waals surface area (Å²) in [7, 11) is 0. The molecule has 4 aromatic heterocycles. The molecule has 0 N–H and O–H groups in total. The van der Waals surface area contributed by atoms with Crippen molar-refractivity contribution in [3.8, 4) is 33.9 Å². The molecule has 0 saturated heterocycles. The van der Waals surface area contributed by atoms with Crippen molar-refractivity contribution in [2.24, 2.45) is 0 Å². The van der Waals surface area contributed by atoms with Gasteiger partial charge in [0.1, 0.15) is 0 Å². The Morgan fingerprint density at radius 3 is 1.22 bits per heavy atom. The van der Waals surface area contributed by atoms with E-state index < -0.39 is 29.2 Å². The molecule has 0 radical (unpaired) electrons. The first-order valence-corrected chi connectivity index (χ1v) is 13.6. The van der Waals surface area contributed by atoms with Crippen LogP contribution in [-0.2, 0) is 38.8 Å². The molecule has 2 aromatic carbocycles. The van der Waals surface area contributed by atoms with Gasteiger partial charge in [-0.2, -0.15) is 26.3 Å². The van der Waals surface area contributed by atoms with Crippen molar-refractivity contribution in [3.63, 3.8) is 0 Å². The van der Waals surface area contributed by atoms with Gasteiger partial charge in [-0.3, -0.25) is 20.2 Å². The zero-order valence-corrected chi connectivity index (χ0v) is 26.3. The minimum Gasteiger partial charge on any atom is -0.343 e. The van der Waals surface area contributed by atoms with E-state index in [9.17, 15) is 26.3 Å². The van der Waals surface area contributed by atoms with E-state index in [1.54, 1.807) is 86.6 Å². The van der Waals surface area contributed by atoms with E-state index in [-0.39, 0.29) is 32.7 Å². The van der Waals surface area contributed by atoms with E-state index >= 15 is 0 Å². The Morgan fingerprint density at radius 1 is 0.522 bits per heavy atom. The van der Waals surface area contributed by atoms with E-state index in [4.69, 9.17) is 9.97 Å². The van der Waals surface area contributed by atoms with Crippen LogP contribution in [0.15, 0.2) is 97.1 Å². The van der Waals surface area contributed by atoms with Gasteiger partial charge in [-0.05, 0) is 48.2 Å². The fourth-order valence-corrected chi connectivity index (χ4v) is 4.80. The van der Waals surface area contributed by atoms with Gasteiger partial charge in [-0.1, -0.05) is 85.2 Å². The standard InChI is InChI=1S/C33H22F6N6.Pt/c1-31(2,25-15-13-23(21-9-5-3-6-10-21)29(40-25)44-19-17-27(42-44)32(34,35)36)26-16-14-24(22-11-7-4-8-12-22)30(41-26)45-20-18-28(43-45)33(37,38)39;/h3-18H,1-2H3;/q-2;+2. The summed E-state index contributed by atoms with van der Waals surface area (Å²) >= 11 is 0. The number of benzene rings is 2. The molecule has 0 saturated carbocycles.